The van der Waals surface area contributed by atoms with E-state index in [2.05, 4.69) is 0 Å². The van der Waals surface area contributed by atoms with Crippen LogP contribution in [0.2, 0.25) is 0 Å². The van der Waals surface area contributed by atoms with Crippen molar-refractivity contribution in [2.24, 2.45) is 0 Å². The van der Waals surface area contributed by atoms with Crippen molar-refractivity contribution >= 4 is 7.82 Å². The summed E-state index contributed by atoms with van der Waals surface area (Å²) in [5.41, 5.74) is 0. The third-order valence-electron chi connectivity index (χ3n) is 11.6. The summed E-state index contributed by atoms with van der Waals surface area (Å²) in [7, 11) is 0.120. The van der Waals surface area contributed by atoms with Crippen molar-refractivity contribution in [1.82, 2.24) is 0 Å². The summed E-state index contributed by atoms with van der Waals surface area (Å²) < 4.78 is 490. The molecule has 1 unspecified atom stereocenters. The highest BCUT2D eigenvalue weighted by Crippen LogP contribution is 2.66. The molecule has 0 aromatic rings. The largest absolute Gasteiger partial charge is 0.756 e. The van der Waals surface area contributed by atoms with E-state index in [0.29, 0.717) is 0 Å². The maximum atomic E-state index is 14.0. The Kier molecular flexibility index (Phi) is 27.8. The molecule has 0 aromatic heterocycles. The van der Waals surface area contributed by atoms with E-state index in [0.717, 1.165) is 11.8 Å². The normalized spacial score (nSPS) is 16.1. The quantitative estimate of drug-likeness (QED) is 0.0202. The molecule has 2 atom stereocenters. The molecule has 42 heteroatoms. The first-order chi connectivity index (χ1) is 38.0. The van der Waals surface area contributed by atoms with Gasteiger partial charge in [0.15, 0.2) is 0 Å². The van der Waals surface area contributed by atoms with Gasteiger partial charge in [0.1, 0.15) is 19.3 Å². The van der Waals surface area contributed by atoms with E-state index in [9.17, 15) is 159 Å². The van der Waals surface area contributed by atoms with Crippen molar-refractivity contribution in [2.75, 3.05) is 60.7 Å². The third kappa shape index (κ3) is 18.2. The van der Waals surface area contributed by atoms with Gasteiger partial charge >= 0.3 is 95.3 Å². The van der Waals surface area contributed by atoms with Crippen LogP contribution < -0.4 is 4.89 Å². The fraction of sp³-hybridized carbons (Fsp3) is 0.909. The van der Waals surface area contributed by atoms with E-state index >= 15 is 0 Å². The monoisotopic (exact) mass is 1370 g/mol. The van der Waals surface area contributed by atoms with Crippen LogP contribution in [0.5, 0.6) is 0 Å². The fourth-order valence-electron chi connectivity index (χ4n) is 6.23. The Balaban J connectivity index is 5.38. The molecule has 0 aliphatic rings. The van der Waals surface area contributed by atoms with Gasteiger partial charge in [-0.25, -0.2) is 0 Å². The standard InChI is InChI=1S/C44H50F34NO6P/c1-79(2,3)22-25-84-86(80,81)85-27-28(83-24-19-15-11-7-5-9-13-17-21-30(47,48)32(51,52)34(55,56)36(59,60)38(63,64)40(67,68)42(71,72)44(76,77)78)26-82-23-18-14-10-6-4-8-12-16-20-29(45,46)31(49,50)33(53,54)35(57,58)37(61,62)39(65,66)41(69,70)43(73,74)75/h28H,4-15,18-19,22-27H2,1-3H3/t28-/m1/s1. The average Bonchev–Trinajstić information content (AvgIpc) is 0.716. The van der Waals surface area contributed by atoms with Crippen molar-refractivity contribution in [3.63, 3.8) is 0 Å². The number of halogens is 34. The van der Waals surface area contributed by atoms with Crippen molar-refractivity contribution in [3.8, 4) is 23.7 Å². The zero-order valence-corrected chi connectivity index (χ0v) is 44.8. The number of quaternary nitrogens is 1. The topological polar surface area (TPSA) is 77.1 Å². The van der Waals surface area contributed by atoms with Crippen molar-refractivity contribution in [3.05, 3.63) is 0 Å². The number of ether oxygens (including phenoxy) is 2. The molecule has 0 bridgehead atoms. The van der Waals surface area contributed by atoms with Gasteiger partial charge in [0, 0.05) is 26.1 Å². The summed E-state index contributed by atoms with van der Waals surface area (Å²) in [6, 6.07) is 0. The lowest BCUT2D eigenvalue weighted by atomic mass is 9.89. The summed E-state index contributed by atoms with van der Waals surface area (Å²) in [6.45, 7) is -1.47. The predicted molar refractivity (Wildman–Crippen MR) is 225 cm³/mol. The van der Waals surface area contributed by atoms with E-state index < -0.39 is 129 Å². The molecule has 0 saturated heterocycles. The lowest BCUT2D eigenvalue weighted by Crippen LogP contribution is -2.74. The second-order valence-electron chi connectivity index (χ2n) is 19.5. The van der Waals surface area contributed by atoms with Crippen molar-refractivity contribution in [2.45, 2.75) is 191 Å². The number of likely N-dealkylation sites (N-methyl/N-ethyl adjacent to an activating group) is 1. The highest BCUT2D eigenvalue weighted by atomic mass is 31.2. The molecule has 0 saturated carbocycles. The number of rotatable bonds is 38. The van der Waals surface area contributed by atoms with Gasteiger partial charge in [-0.2, -0.15) is 149 Å². The second-order valence-corrected chi connectivity index (χ2v) is 21.0. The minimum Gasteiger partial charge on any atom is -0.756 e. The maximum absolute atomic E-state index is 14.0. The Morgan fingerprint density at radius 2 is 0.640 bits per heavy atom. The lowest BCUT2D eigenvalue weighted by Gasteiger charge is -2.42. The molecule has 0 aromatic carbocycles. The first-order valence-electron chi connectivity index (χ1n) is 24.0. The average molecular weight is 1370 g/mol. The molecule has 0 amide bonds. The molecular weight excluding hydrogens is 1320 g/mol. The summed E-state index contributed by atoms with van der Waals surface area (Å²) in [5.74, 6) is -113. The number of nitrogens with zero attached hydrogens (tertiary/aromatic N) is 1. The van der Waals surface area contributed by atoms with Crippen LogP contribution in [0.1, 0.15) is 89.9 Å². The Morgan fingerprint density at radius 1 is 0.360 bits per heavy atom. The van der Waals surface area contributed by atoms with Crippen LogP contribution in [0.15, 0.2) is 0 Å². The lowest BCUT2D eigenvalue weighted by molar-refractivity contribution is -0.870. The smallest absolute Gasteiger partial charge is 0.460 e. The highest BCUT2D eigenvalue weighted by Gasteiger charge is 2.97. The Bertz CT molecular complexity index is 2300. The summed E-state index contributed by atoms with van der Waals surface area (Å²) in [5, 5.41) is 0. The molecular formula is C44H50F34NO6P. The zero-order valence-electron chi connectivity index (χ0n) is 43.9. The summed E-state index contributed by atoms with van der Waals surface area (Å²) >= 11 is 0. The van der Waals surface area contributed by atoms with Gasteiger partial charge in [-0.05, 0) is 37.5 Å². The minimum absolute atomic E-state index is 0.0341. The van der Waals surface area contributed by atoms with E-state index in [1.807, 2.05) is 0 Å². The summed E-state index contributed by atoms with van der Waals surface area (Å²) in [4.78, 5) is 12.3. The Hall–Kier alpha value is -3.27. The first-order valence-corrected chi connectivity index (χ1v) is 25.5. The number of hydrogen-bond donors (Lipinski definition) is 0. The van der Waals surface area contributed by atoms with Crippen molar-refractivity contribution in [1.29, 1.82) is 0 Å². The molecule has 0 aliphatic heterocycles. The molecule has 86 heavy (non-hydrogen) atoms. The van der Waals surface area contributed by atoms with Gasteiger partial charge in [0.2, 0.25) is 0 Å². The Morgan fingerprint density at radius 3 is 0.953 bits per heavy atom. The maximum Gasteiger partial charge on any atom is 0.460 e. The van der Waals surface area contributed by atoms with Crippen LogP contribution >= 0.6 is 7.82 Å². The molecule has 7 nitrogen and oxygen atoms in total. The molecule has 0 heterocycles. The Labute approximate surface area is 465 Å². The van der Waals surface area contributed by atoms with Crippen LogP contribution in [0.3, 0.4) is 0 Å². The van der Waals surface area contributed by atoms with Gasteiger partial charge in [-0.3, -0.25) is 4.57 Å². The van der Waals surface area contributed by atoms with E-state index in [-0.39, 0.29) is 126 Å². The second kappa shape index (κ2) is 28.9. The van der Waals surface area contributed by atoms with Gasteiger partial charge in [0.25, 0.3) is 7.82 Å². The minimum atomic E-state index is -8.78. The van der Waals surface area contributed by atoms with Crippen LogP contribution in [0.25, 0.3) is 0 Å². The van der Waals surface area contributed by atoms with E-state index in [1.54, 1.807) is 21.1 Å². The van der Waals surface area contributed by atoms with E-state index in [4.69, 9.17) is 18.5 Å². The van der Waals surface area contributed by atoms with Crippen molar-refractivity contribution < 1.29 is 182 Å². The number of alkyl halides is 34. The predicted octanol–water partition coefficient (Wildman–Crippen LogP) is 16.1. The molecule has 0 radical (unpaired) electrons. The number of unbranched alkanes of at least 4 members (excludes halogenated alkanes) is 12. The third-order valence-corrected chi connectivity index (χ3v) is 12.5. The molecule has 0 aliphatic carbocycles. The molecule has 0 fully saturated rings. The fourth-order valence-corrected chi connectivity index (χ4v) is 6.95. The number of hydrogen-bond acceptors (Lipinski definition) is 6. The van der Waals surface area contributed by atoms with Gasteiger partial charge in [0.05, 0.1) is 34.4 Å². The van der Waals surface area contributed by atoms with Crippen LogP contribution in [0, 0.1) is 23.7 Å². The molecule has 510 valence electrons. The van der Waals surface area contributed by atoms with Crippen LogP contribution in [0.4, 0.5) is 149 Å². The van der Waals surface area contributed by atoms with Gasteiger partial charge in [-0.15, -0.1) is 0 Å². The molecule has 0 N–H and O–H groups in total. The first kappa shape index (κ1) is 82.7. The highest BCUT2D eigenvalue weighted by molar-refractivity contribution is 7.45. The summed E-state index contributed by atoms with van der Waals surface area (Å²) in [6.07, 6.45) is -18.0. The number of phosphoric ester groups is 1. The van der Waals surface area contributed by atoms with Gasteiger partial charge < -0.3 is 27.9 Å². The van der Waals surface area contributed by atoms with Crippen LogP contribution in [-0.2, 0) is 23.1 Å². The zero-order chi connectivity index (χ0) is 68.4. The molecule has 0 rings (SSSR count). The van der Waals surface area contributed by atoms with Crippen LogP contribution in [-0.4, -0.2) is 167 Å². The molecule has 0 spiro atoms. The number of phosphoric acid groups is 1. The SMILES string of the molecule is C[N+](C)(C)CCOP(=O)([O-])OC[C@@H](COCCCCCCCCC#CC(F)(F)C(F)(F)C(F)(F)C(F)(F)C(F)(F)C(F)(F)C(F)(F)C(F)(F)F)OCCCCCCCCC#CC(F)(F)C(F)(F)C(F)(F)C(F)(F)C(F)(F)C(F)(F)C(F)(F)C(F)(F)F. The van der Waals surface area contributed by atoms with E-state index in [1.165, 1.54) is 0 Å². The van der Waals surface area contributed by atoms with Gasteiger partial charge in [-0.1, -0.05) is 63.2 Å².